The number of hydrogen-bond acceptors (Lipinski definition) is 6. The lowest BCUT2D eigenvalue weighted by Gasteiger charge is -2.37. The molecule has 0 radical (unpaired) electrons. The molecule has 1 aliphatic rings. The molecule has 5 rings (SSSR count). The van der Waals surface area contributed by atoms with Gasteiger partial charge in [0.05, 0.1) is 19.1 Å². The minimum atomic E-state index is -0.388. The number of carbonyl (C=O) groups is 2. The molecule has 39 heavy (non-hydrogen) atoms. The van der Waals surface area contributed by atoms with Crippen LogP contribution >= 0.6 is 0 Å². The van der Waals surface area contributed by atoms with E-state index in [1.165, 1.54) is 6.33 Å². The molecular weight excluding hydrogens is 492 g/mol. The highest BCUT2D eigenvalue weighted by Gasteiger charge is 2.39. The van der Waals surface area contributed by atoms with Crippen molar-refractivity contribution in [3.05, 3.63) is 103 Å². The van der Waals surface area contributed by atoms with E-state index in [2.05, 4.69) is 15.4 Å². The minimum Gasteiger partial charge on any atom is -0.457 e. The predicted molar refractivity (Wildman–Crippen MR) is 147 cm³/mol. The zero-order chi connectivity index (χ0) is 26.9. The number of ketones is 1. The van der Waals surface area contributed by atoms with Crippen LogP contribution < -0.4 is 10.1 Å². The molecule has 1 fully saturated rings. The molecule has 1 N–H and O–H groups in total. The van der Waals surface area contributed by atoms with Gasteiger partial charge in [-0.25, -0.2) is 9.67 Å². The van der Waals surface area contributed by atoms with Gasteiger partial charge in [0.15, 0.2) is 5.78 Å². The number of anilines is 1. The zero-order valence-corrected chi connectivity index (χ0v) is 21.7. The molecule has 3 atom stereocenters. The molecule has 1 aliphatic carbocycles. The van der Waals surface area contributed by atoms with Crippen molar-refractivity contribution in [2.45, 2.75) is 32.4 Å². The molecule has 3 aromatic carbocycles. The third-order valence-electron chi connectivity index (χ3n) is 7.10. The molecule has 1 amide bonds. The van der Waals surface area contributed by atoms with Gasteiger partial charge in [-0.15, -0.1) is 0 Å². The Kier molecular flexibility index (Phi) is 8.75. The van der Waals surface area contributed by atoms with E-state index in [1.807, 2.05) is 84.9 Å². The second kappa shape index (κ2) is 13.0. The molecule has 0 aliphatic heterocycles. The average molecular weight is 525 g/mol. The quantitative estimate of drug-likeness (QED) is 0.247. The molecule has 200 valence electrons. The molecule has 1 heterocycles. The summed E-state index contributed by atoms with van der Waals surface area (Å²) >= 11 is 0. The molecule has 8 heteroatoms. The Morgan fingerprint density at radius 3 is 2.31 bits per heavy atom. The number of carbonyl (C=O) groups excluding carboxylic acids is 2. The van der Waals surface area contributed by atoms with E-state index >= 15 is 0 Å². The number of benzene rings is 3. The fourth-order valence-corrected chi connectivity index (χ4v) is 4.85. The lowest BCUT2D eigenvalue weighted by molar-refractivity contribution is -0.131. The van der Waals surface area contributed by atoms with Crippen molar-refractivity contribution in [2.75, 3.05) is 11.9 Å². The van der Waals surface area contributed by atoms with Crippen molar-refractivity contribution in [1.29, 1.82) is 0 Å². The first kappa shape index (κ1) is 26.3. The lowest BCUT2D eigenvalue weighted by Crippen LogP contribution is -2.39. The van der Waals surface area contributed by atoms with E-state index in [9.17, 15) is 9.59 Å². The van der Waals surface area contributed by atoms with Crippen LogP contribution in [0.1, 0.15) is 24.8 Å². The SMILES string of the molecule is O=C(Nc1ccc(Oc2ccccc2)cc1)C(COCc1ccccc1)CC1CCC1C(=O)Cn1cncn1. The van der Waals surface area contributed by atoms with Gasteiger partial charge in [0, 0.05) is 11.6 Å². The van der Waals surface area contributed by atoms with Gasteiger partial charge in [-0.2, -0.15) is 5.10 Å². The standard InChI is InChI=1S/C31H32N4O4/c36-30(18-35-22-32-21-33-35)29-16-11-24(29)17-25(20-38-19-23-7-3-1-4-8-23)31(37)34-26-12-14-28(15-13-26)39-27-9-5-2-6-10-27/h1-10,12-15,21-22,24-25,29H,11,16-20H2,(H,34,37). The van der Waals surface area contributed by atoms with Gasteiger partial charge in [-0.3, -0.25) is 9.59 Å². The Hall–Kier alpha value is -4.30. The lowest BCUT2D eigenvalue weighted by atomic mass is 9.67. The Morgan fingerprint density at radius 2 is 1.64 bits per heavy atom. The predicted octanol–water partition coefficient (Wildman–Crippen LogP) is 5.53. The van der Waals surface area contributed by atoms with Crippen molar-refractivity contribution in [3.8, 4) is 11.5 Å². The fourth-order valence-electron chi connectivity index (χ4n) is 4.85. The van der Waals surface area contributed by atoms with E-state index in [1.54, 1.807) is 11.0 Å². The fraction of sp³-hybridized carbons (Fsp3) is 0.290. The number of aromatic nitrogens is 3. The van der Waals surface area contributed by atoms with Crippen LogP contribution in [0.25, 0.3) is 0 Å². The van der Waals surface area contributed by atoms with Crippen LogP contribution in [0, 0.1) is 17.8 Å². The summed E-state index contributed by atoms with van der Waals surface area (Å²) in [4.78, 5) is 30.2. The third kappa shape index (κ3) is 7.39. The number of nitrogens with zero attached hydrogens (tertiary/aromatic N) is 3. The van der Waals surface area contributed by atoms with Crippen molar-refractivity contribution in [2.24, 2.45) is 17.8 Å². The maximum Gasteiger partial charge on any atom is 0.229 e. The van der Waals surface area contributed by atoms with Crippen LogP contribution in [0.5, 0.6) is 11.5 Å². The Bertz CT molecular complexity index is 1330. The molecule has 8 nitrogen and oxygen atoms in total. The Balaban J connectivity index is 1.20. The monoisotopic (exact) mass is 524 g/mol. The van der Waals surface area contributed by atoms with Gasteiger partial charge >= 0.3 is 0 Å². The summed E-state index contributed by atoms with van der Waals surface area (Å²) in [6, 6.07) is 26.7. The van der Waals surface area contributed by atoms with Crippen molar-refractivity contribution < 1.29 is 19.1 Å². The second-order valence-corrected chi connectivity index (χ2v) is 9.87. The third-order valence-corrected chi connectivity index (χ3v) is 7.10. The number of rotatable bonds is 13. The van der Waals surface area contributed by atoms with Gasteiger partial charge in [-0.1, -0.05) is 48.5 Å². The Labute approximate surface area is 228 Å². The first-order valence-electron chi connectivity index (χ1n) is 13.2. The van der Waals surface area contributed by atoms with Crippen molar-refractivity contribution >= 4 is 17.4 Å². The number of para-hydroxylation sites is 1. The maximum absolute atomic E-state index is 13.4. The Morgan fingerprint density at radius 1 is 0.923 bits per heavy atom. The molecule has 0 saturated heterocycles. The van der Waals surface area contributed by atoms with Gasteiger partial charge < -0.3 is 14.8 Å². The van der Waals surface area contributed by atoms with Crippen LogP contribution in [0.4, 0.5) is 5.69 Å². The summed E-state index contributed by atoms with van der Waals surface area (Å²) in [7, 11) is 0. The number of Topliss-reactive ketones (excluding diaryl/α,β-unsaturated/α-hetero) is 1. The van der Waals surface area contributed by atoms with E-state index in [4.69, 9.17) is 9.47 Å². The molecular formula is C31H32N4O4. The number of ether oxygens (including phenoxy) is 2. The van der Waals surface area contributed by atoms with Crippen LogP contribution in [0.2, 0.25) is 0 Å². The van der Waals surface area contributed by atoms with E-state index in [0.29, 0.717) is 24.5 Å². The van der Waals surface area contributed by atoms with Crippen molar-refractivity contribution in [3.63, 3.8) is 0 Å². The summed E-state index contributed by atoms with van der Waals surface area (Å²) < 4.78 is 13.4. The topological polar surface area (TPSA) is 95.3 Å². The normalized spacial score (nSPS) is 17.1. The minimum absolute atomic E-state index is 0.0759. The first-order chi connectivity index (χ1) is 19.1. The van der Waals surface area contributed by atoms with Gasteiger partial charge in [0.1, 0.15) is 30.7 Å². The summed E-state index contributed by atoms with van der Waals surface area (Å²) in [6.07, 6.45) is 5.32. The zero-order valence-electron chi connectivity index (χ0n) is 21.7. The molecule has 1 aromatic heterocycles. The summed E-state index contributed by atoms with van der Waals surface area (Å²) in [5.74, 6) is 1.13. The number of nitrogens with one attached hydrogen (secondary N) is 1. The molecule has 4 aromatic rings. The van der Waals surface area contributed by atoms with Gasteiger partial charge in [-0.05, 0) is 67.1 Å². The summed E-state index contributed by atoms with van der Waals surface area (Å²) in [6.45, 7) is 0.909. The molecule has 1 saturated carbocycles. The van der Waals surface area contributed by atoms with E-state index in [0.717, 1.165) is 24.2 Å². The van der Waals surface area contributed by atoms with Crippen LogP contribution in [-0.2, 0) is 27.5 Å². The van der Waals surface area contributed by atoms with Crippen LogP contribution in [0.3, 0.4) is 0 Å². The number of hydrogen-bond donors (Lipinski definition) is 1. The molecule has 0 spiro atoms. The second-order valence-electron chi connectivity index (χ2n) is 9.87. The molecule has 3 unspecified atom stereocenters. The van der Waals surface area contributed by atoms with E-state index in [-0.39, 0.29) is 42.6 Å². The largest absolute Gasteiger partial charge is 0.457 e. The van der Waals surface area contributed by atoms with Gasteiger partial charge in [0.25, 0.3) is 0 Å². The smallest absolute Gasteiger partial charge is 0.229 e. The average Bonchev–Trinajstić information content (AvgIpc) is 3.45. The van der Waals surface area contributed by atoms with Gasteiger partial charge in [0.2, 0.25) is 5.91 Å². The highest BCUT2D eigenvalue weighted by Crippen LogP contribution is 2.40. The van der Waals surface area contributed by atoms with Crippen molar-refractivity contribution in [1.82, 2.24) is 14.8 Å². The number of amides is 1. The maximum atomic E-state index is 13.4. The van der Waals surface area contributed by atoms with Crippen LogP contribution in [-0.4, -0.2) is 33.1 Å². The summed E-state index contributed by atoms with van der Waals surface area (Å²) in [5.41, 5.74) is 1.73. The van der Waals surface area contributed by atoms with E-state index < -0.39 is 0 Å². The van der Waals surface area contributed by atoms with Crippen LogP contribution in [0.15, 0.2) is 97.6 Å². The highest BCUT2D eigenvalue weighted by atomic mass is 16.5. The summed E-state index contributed by atoms with van der Waals surface area (Å²) in [5, 5.41) is 7.08. The first-order valence-corrected chi connectivity index (χ1v) is 13.2. The highest BCUT2D eigenvalue weighted by molar-refractivity contribution is 5.92. The molecule has 0 bridgehead atoms.